The van der Waals surface area contributed by atoms with Crippen LogP contribution in [0.3, 0.4) is 0 Å². The Morgan fingerprint density at radius 3 is 1.56 bits per heavy atom. The van der Waals surface area contributed by atoms with Crippen molar-refractivity contribution in [3.8, 4) is 0 Å². The molecule has 0 aromatic heterocycles. The minimum absolute atomic E-state index is 0. The lowest BCUT2D eigenvalue weighted by molar-refractivity contribution is 0.397. The zero-order chi connectivity index (χ0) is 11.4. The van der Waals surface area contributed by atoms with Crippen LogP contribution in [0, 0.1) is 17.3 Å². The molecule has 0 aromatic carbocycles. The van der Waals surface area contributed by atoms with Gasteiger partial charge in [0.05, 0.1) is 0 Å². The molecule has 100 valence electrons. The van der Waals surface area contributed by atoms with Crippen LogP contribution in [0.2, 0.25) is 0 Å². The SMILES string of the molecule is C.C.C=C(C)C(C)CC.CC(C)C1(C)CC1. The van der Waals surface area contributed by atoms with E-state index in [0.29, 0.717) is 5.92 Å². The molecule has 0 amide bonds. The first-order chi connectivity index (χ1) is 6.33. The highest BCUT2D eigenvalue weighted by atomic mass is 14.4. The van der Waals surface area contributed by atoms with Gasteiger partial charge in [-0.1, -0.05) is 61.6 Å². The average Bonchev–Trinajstić information content (AvgIpc) is 2.84. The maximum atomic E-state index is 3.83. The molecule has 1 atom stereocenters. The third-order valence-electron chi connectivity index (χ3n) is 3.89. The Morgan fingerprint density at radius 2 is 1.56 bits per heavy atom. The minimum Gasteiger partial charge on any atom is -0.0999 e. The first-order valence-corrected chi connectivity index (χ1v) is 5.99. The second kappa shape index (κ2) is 8.84. The lowest BCUT2D eigenvalue weighted by Gasteiger charge is -2.10. The van der Waals surface area contributed by atoms with Crippen LogP contribution in [-0.2, 0) is 0 Å². The van der Waals surface area contributed by atoms with Crippen LogP contribution in [0.25, 0.3) is 0 Å². The normalized spacial score (nSPS) is 17.2. The van der Waals surface area contributed by atoms with Crippen molar-refractivity contribution in [1.82, 2.24) is 0 Å². The summed E-state index contributed by atoms with van der Waals surface area (Å²) in [6.45, 7) is 17.3. The van der Waals surface area contributed by atoms with Crippen LogP contribution in [0.15, 0.2) is 12.2 Å². The molecule has 1 aliphatic carbocycles. The maximum absolute atomic E-state index is 3.83. The zero-order valence-corrected chi connectivity index (χ0v) is 11.0. The van der Waals surface area contributed by atoms with Crippen LogP contribution in [0.1, 0.15) is 75.7 Å². The molecule has 0 spiro atoms. The fourth-order valence-corrected chi connectivity index (χ4v) is 1.12. The monoisotopic (exact) mass is 228 g/mol. The van der Waals surface area contributed by atoms with Crippen molar-refractivity contribution in [2.45, 2.75) is 75.7 Å². The van der Waals surface area contributed by atoms with E-state index in [2.05, 4.69) is 48.1 Å². The standard InChI is InChI=1S/2C7H14.2CH4/c1-6(2)7(3)4-5-7;1-5-7(4)6(2)3;;/h6H,4-5H2,1-3H3;7H,2,5H2,1,3-4H3;2*1H4. The summed E-state index contributed by atoms with van der Waals surface area (Å²) in [4.78, 5) is 0. The molecule has 0 saturated heterocycles. The smallest absolute Gasteiger partial charge is 0.0240 e. The van der Waals surface area contributed by atoms with Crippen molar-refractivity contribution >= 4 is 0 Å². The predicted molar refractivity (Wildman–Crippen MR) is 79.9 cm³/mol. The van der Waals surface area contributed by atoms with E-state index in [4.69, 9.17) is 0 Å². The van der Waals surface area contributed by atoms with Crippen molar-refractivity contribution in [2.75, 3.05) is 0 Å². The van der Waals surface area contributed by atoms with Gasteiger partial charge in [-0.3, -0.25) is 0 Å². The number of hydrogen-bond donors (Lipinski definition) is 0. The molecule has 1 aliphatic rings. The molecule has 16 heavy (non-hydrogen) atoms. The highest BCUT2D eigenvalue weighted by Crippen LogP contribution is 2.50. The summed E-state index contributed by atoms with van der Waals surface area (Å²) in [6, 6.07) is 0. The molecular weight excluding hydrogens is 192 g/mol. The zero-order valence-electron chi connectivity index (χ0n) is 11.0. The highest BCUT2D eigenvalue weighted by molar-refractivity contribution is 4.92. The summed E-state index contributed by atoms with van der Waals surface area (Å²) in [6.07, 6.45) is 4.14. The van der Waals surface area contributed by atoms with E-state index >= 15 is 0 Å². The van der Waals surface area contributed by atoms with Crippen molar-refractivity contribution < 1.29 is 0 Å². The summed E-state index contributed by atoms with van der Waals surface area (Å²) in [7, 11) is 0. The van der Waals surface area contributed by atoms with E-state index in [1.807, 2.05) is 0 Å². The van der Waals surface area contributed by atoms with Crippen LogP contribution in [0.5, 0.6) is 0 Å². The van der Waals surface area contributed by atoms with E-state index in [1.54, 1.807) is 0 Å². The summed E-state index contributed by atoms with van der Waals surface area (Å²) in [5.74, 6) is 1.62. The third-order valence-corrected chi connectivity index (χ3v) is 3.89. The molecule has 1 rings (SSSR count). The van der Waals surface area contributed by atoms with Gasteiger partial charge in [0.2, 0.25) is 0 Å². The van der Waals surface area contributed by atoms with E-state index in [0.717, 1.165) is 11.3 Å². The summed E-state index contributed by atoms with van der Waals surface area (Å²) >= 11 is 0. The van der Waals surface area contributed by atoms with E-state index in [1.165, 1.54) is 24.8 Å². The molecule has 1 unspecified atom stereocenters. The van der Waals surface area contributed by atoms with Crippen LogP contribution < -0.4 is 0 Å². The largest absolute Gasteiger partial charge is 0.0999 e. The Balaban J connectivity index is -0.000000188. The molecule has 0 N–H and O–H groups in total. The minimum atomic E-state index is 0. The van der Waals surface area contributed by atoms with Crippen molar-refractivity contribution in [1.29, 1.82) is 0 Å². The fourth-order valence-electron chi connectivity index (χ4n) is 1.12. The lowest BCUT2D eigenvalue weighted by atomic mass is 9.95. The van der Waals surface area contributed by atoms with Gasteiger partial charge in [0.25, 0.3) is 0 Å². The van der Waals surface area contributed by atoms with Gasteiger partial charge in [0, 0.05) is 0 Å². The van der Waals surface area contributed by atoms with Gasteiger partial charge < -0.3 is 0 Å². The summed E-state index contributed by atoms with van der Waals surface area (Å²) < 4.78 is 0. The molecule has 1 saturated carbocycles. The summed E-state index contributed by atoms with van der Waals surface area (Å²) in [5.41, 5.74) is 2.04. The van der Waals surface area contributed by atoms with Crippen LogP contribution in [0.4, 0.5) is 0 Å². The highest BCUT2D eigenvalue weighted by Gasteiger charge is 2.39. The van der Waals surface area contributed by atoms with Gasteiger partial charge >= 0.3 is 0 Å². The topological polar surface area (TPSA) is 0 Å². The van der Waals surface area contributed by atoms with Gasteiger partial charge in [-0.05, 0) is 43.4 Å². The van der Waals surface area contributed by atoms with E-state index in [9.17, 15) is 0 Å². The molecular formula is C16H36. The molecule has 0 nitrogen and oxygen atoms in total. The van der Waals surface area contributed by atoms with Gasteiger partial charge in [0.1, 0.15) is 0 Å². The van der Waals surface area contributed by atoms with Crippen LogP contribution >= 0.6 is 0 Å². The first-order valence-electron chi connectivity index (χ1n) is 5.99. The lowest BCUT2D eigenvalue weighted by Crippen LogP contribution is -2.01. The van der Waals surface area contributed by atoms with Crippen molar-refractivity contribution in [2.24, 2.45) is 17.3 Å². The molecule has 0 aromatic rings. The van der Waals surface area contributed by atoms with Gasteiger partial charge in [0.15, 0.2) is 0 Å². The quantitative estimate of drug-likeness (QED) is 0.496. The number of rotatable bonds is 3. The van der Waals surface area contributed by atoms with Crippen molar-refractivity contribution in [3.63, 3.8) is 0 Å². The maximum Gasteiger partial charge on any atom is -0.0240 e. The van der Waals surface area contributed by atoms with Gasteiger partial charge in [-0.25, -0.2) is 0 Å². The Labute approximate surface area is 106 Å². The second-order valence-electron chi connectivity index (χ2n) is 5.46. The molecule has 0 radical (unpaired) electrons. The second-order valence-corrected chi connectivity index (χ2v) is 5.46. The van der Waals surface area contributed by atoms with E-state index in [-0.39, 0.29) is 14.9 Å². The molecule has 0 heteroatoms. The Hall–Kier alpha value is -0.260. The number of hydrogen-bond acceptors (Lipinski definition) is 0. The predicted octanol–water partition coefficient (Wildman–Crippen LogP) is 6.32. The fraction of sp³-hybridized carbons (Fsp3) is 0.875. The molecule has 1 fully saturated rings. The average molecular weight is 228 g/mol. The van der Waals surface area contributed by atoms with E-state index < -0.39 is 0 Å². The van der Waals surface area contributed by atoms with Gasteiger partial charge in [-0.15, -0.1) is 0 Å². The van der Waals surface area contributed by atoms with Crippen molar-refractivity contribution in [3.05, 3.63) is 12.2 Å². The molecule has 0 aliphatic heterocycles. The molecule has 0 heterocycles. The molecule has 0 bridgehead atoms. The Bertz CT molecular complexity index is 172. The summed E-state index contributed by atoms with van der Waals surface area (Å²) in [5, 5.41) is 0. The van der Waals surface area contributed by atoms with Crippen LogP contribution in [-0.4, -0.2) is 0 Å². The third kappa shape index (κ3) is 7.96. The number of allylic oxidation sites excluding steroid dienone is 1. The van der Waals surface area contributed by atoms with Gasteiger partial charge in [-0.2, -0.15) is 0 Å². The first kappa shape index (κ1) is 21.1. The Morgan fingerprint density at radius 1 is 1.19 bits per heavy atom. The Kier molecular flexibility index (Phi) is 11.6.